The summed E-state index contributed by atoms with van der Waals surface area (Å²) in [5, 5.41) is 11.5. The molecule has 2 amide bonds. The second kappa shape index (κ2) is 9.03. The molecular weight excluding hydrogens is 358 g/mol. The van der Waals surface area contributed by atoms with E-state index in [0.717, 1.165) is 30.4 Å². The number of hydrogen-bond acceptors (Lipinski definition) is 5. The molecule has 1 N–H and O–H groups in total. The molecule has 8 nitrogen and oxygen atoms in total. The van der Waals surface area contributed by atoms with E-state index >= 15 is 0 Å². The van der Waals surface area contributed by atoms with E-state index in [1.54, 1.807) is 0 Å². The highest BCUT2D eigenvalue weighted by atomic mass is 16.5. The number of hydrogen-bond donors (Lipinski definition) is 1. The van der Waals surface area contributed by atoms with Gasteiger partial charge in [0, 0.05) is 39.1 Å². The van der Waals surface area contributed by atoms with Crippen molar-refractivity contribution < 1.29 is 14.3 Å². The monoisotopic (exact) mass is 389 g/mol. The van der Waals surface area contributed by atoms with Crippen molar-refractivity contribution in [3.8, 4) is 0 Å². The van der Waals surface area contributed by atoms with Crippen LogP contribution in [-0.2, 0) is 33.8 Å². The average Bonchev–Trinajstić information content (AvgIpc) is 3.45. The fraction of sp³-hybridized carbons (Fsp3) is 0.800. The fourth-order valence-corrected chi connectivity index (χ4v) is 4.60. The Kier molecular flexibility index (Phi) is 6.24. The van der Waals surface area contributed by atoms with E-state index in [4.69, 9.17) is 4.74 Å². The van der Waals surface area contributed by atoms with Gasteiger partial charge in [0.1, 0.15) is 5.82 Å². The standard InChI is InChI=1S/C20H31N5O3/c26-19(6-5-15-3-1-2-4-15)24-9-7-17-22-23-18(25(17)11-10-24)13-21-20(27)16-8-12-28-14-16/h15-16H,1-14H2,(H,21,27). The van der Waals surface area contributed by atoms with Gasteiger partial charge in [-0.25, -0.2) is 0 Å². The first kappa shape index (κ1) is 19.4. The zero-order chi connectivity index (χ0) is 19.3. The molecule has 0 bridgehead atoms. The second-order valence-electron chi connectivity index (χ2n) is 8.28. The van der Waals surface area contributed by atoms with E-state index in [9.17, 15) is 9.59 Å². The summed E-state index contributed by atoms with van der Waals surface area (Å²) in [6, 6.07) is 0. The Labute approximate surface area is 166 Å². The molecule has 1 saturated heterocycles. The number of carbonyl (C=O) groups is 2. The van der Waals surface area contributed by atoms with Gasteiger partial charge in [-0.05, 0) is 18.8 Å². The van der Waals surface area contributed by atoms with Crippen LogP contribution in [-0.4, -0.2) is 57.8 Å². The quantitative estimate of drug-likeness (QED) is 0.792. The van der Waals surface area contributed by atoms with Crippen molar-refractivity contribution >= 4 is 11.8 Å². The van der Waals surface area contributed by atoms with Crippen LogP contribution in [0.3, 0.4) is 0 Å². The molecule has 28 heavy (non-hydrogen) atoms. The Bertz CT molecular complexity index is 692. The summed E-state index contributed by atoms with van der Waals surface area (Å²) in [6.45, 7) is 3.61. The van der Waals surface area contributed by atoms with Crippen LogP contribution in [0.2, 0.25) is 0 Å². The molecule has 1 aromatic heterocycles. The van der Waals surface area contributed by atoms with Crippen molar-refractivity contribution in [2.24, 2.45) is 11.8 Å². The molecule has 0 aromatic carbocycles. The molecule has 1 aromatic rings. The Morgan fingerprint density at radius 3 is 2.75 bits per heavy atom. The van der Waals surface area contributed by atoms with E-state index in [2.05, 4.69) is 20.1 Å². The molecule has 1 atom stereocenters. The highest BCUT2D eigenvalue weighted by Crippen LogP contribution is 2.28. The Morgan fingerprint density at radius 2 is 1.96 bits per heavy atom. The van der Waals surface area contributed by atoms with Crippen LogP contribution in [0.1, 0.15) is 56.6 Å². The molecule has 8 heteroatoms. The minimum atomic E-state index is -0.0560. The maximum absolute atomic E-state index is 12.6. The van der Waals surface area contributed by atoms with Gasteiger partial charge in [0.05, 0.1) is 19.1 Å². The summed E-state index contributed by atoms with van der Waals surface area (Å²) in [7, 11) is 0. The summed E-state index contributed by atoms with van der Waals surface area (Å²) < 4.78 is 7.34. The van der Waals surface area contributed by atoms with Gasteiger partial charge in [0.15, 0.2) is 5.82 Å². The molecule has 2 fully saturated rings. The van der Waals surface area contributed by atoms with Crippen molar-refractivity contribution in [2.75, 3.05) is 26.3 Å². The van der Waals surface area contributed by atoms with Gasteiger partial charge < -0.3 is 19.5 Å². The maximum atomic E-state index is 12.6. The molecule has 1 aliphatic carbocycles. The molecule has 1 unspecified atom stereocenters. The van der Waals surface area contributed by atoms with Crippen LogP contribution < -0.4 is 5.32 Å². The number of rotatable bonds is 6. The lowest BCUT2D eigenvalue weighted by molar-refractivity contribution is -0.131. The van der Waals surface area contributed by atoms with Crippen molar-refractivity contribution in [1.82, 2.24) is 25.0 Å². The van der Waals surface area contributed by atoms with E-state index in [1.807, 2.05) is 4.90 Å². The number of nitrogens with one attached hydrogen (secondary N) is 1. The zero-order valence-corrected chi connectivity index (χ0v) is 16.6. The van der Waals surface area contributed by atoms with Gasteiger partial charge in [-0.3, -0.25) is 9.59 Å². The van der Waals surface area contributed by atoms with Crippen LogP contribution in [0.4, 0.5) is 0 Å². The Hall–Kier alpha value is -1.96. The van der Waals surface area contributed by atoms with Gasteiger partial charge in [0.25, 0.3) is 0 Å². The smallest absolute Gasteiger partial charge is 0.225 e. The number of nitrogens with zero attached hydrogens (tertiary/aromatic N) is 4. The van der Waals surface area contributed by atoms with E-state index in [-0.39, 0.29) is 17.7 Å². The van der Waals surface area contributed by atoms with Crippen LogP contribution in [0, 0.1) is 11.8 Å². The van der Waals surface area contributed by atoms with Gasteiger partial charge >= 0.3 is 0 Å². The van der Waals surface area contributed by atoms with E-state index in [0.29, 0.717) is 52.2 Å². The molecule has 3 heterocycles. The molecule has 3 aliphatic rings. The SMILES string of the molecule is O=C(NCc1nnc2n1CCN(C(=O)CCC1CCCC1)CC2)C1CCOC1. The fourth-order valence-electron chi connectivity index (χ4n) is 4.60. The van der Waals surface area contributed by atoms with Gasteiger partial charge in [-0.15, -0.1) is 10.2 Å². The maximum Gasteiger partial charge on any atom is 0.225 e. The van der Waals surface area contributed by atoms with Gasteiger partial charge in [-0.2, -0.15) is 0 Å². The van der Waals surface area contributed by atoms with Crippen molar-refractivity contribution in [1.29, 1.82) is 0 Å². The first-order valence-corrected chi connectivity index (χ1v) is 10.7. The summed E-state index contributed by atoms with van der Waals surface area (Å²) >= 11 is 0. The van der Waals surface area contributed by atoms with Crippen molar-refractivity contribution in [3.63, 3.8) is 0 Å². The third-order valence-corrected chi connectivity index (χ3v) is 6.42. The molecule has 0 radical (unpaired) electrons. The number of aromatic nitrogens is 3. The summed E-state index contributed by atoms with van der Waals surface area (Å²) in [5.41, 5.74) is 0. The van der Waals surface area contributed by atoms with Gasteiger partial charge in [0.2, 0.25) is 11.8 Å². The summed E-state index contributed by atoms with van der Waals surface area (Å²) in [6.07, 6.45) is 8.41. The third-order valence-electron chi connectivity index (χ3n) is 6.42. The molecular formula is C20H31N5O3. The highest BCUT2D eigenvalue weighted by Gasteiger charge is 2.25. The van der Waals surface area contributed by atoms with Crippen LogP contribution in [0.25, 0.3) is 0 Å². The lowest BCUT2D eigenvalue weighted by atomic mass is 10.0. The van der Waals surface area contributed by atoms with Crippen LogP contribution in [0.5, 0.6) is 0 Å². The summed E-state index contributed by atoms with van der Waals surface area (Å²) in [4.78, 5) is 26.8. The number of ether oxygens (including phenoxy) is 1. The van der Waals surface area contributed by atoms with Gasteiger partial charge in [-0.1, -0.05) is 25.7 Å². The number of carbonyl (C=O) groups excluding carboxylic acids is 2. The topological polar surface area (TPSA) is 89.4 Å². The molecule has 4 rings (SSSR count). The predicted molar refractivity (Wildman–Crippen MR) is 102 cm³/mol. The molecule has 0 spiro atoms. The third kappa shape index (κ3) is 4.54. The number of fused-ring (bicyclic) bond motifs is 1. The lowest BCUT2D eigenvalue weighted by Gasteiger charge is -2.21. The molecule has 154 valence electrons. The van der Waals surface area contributed by atoms with Crippen molar-refractivity contribution in [2.45, 2.75) is 64.5 Å². The van der Waals surface area contributed by atoms with E-state index in [1.165, 1.54) is 25.7 Å². The predicted octanol–water partition coefficient (Wildman–Crippen LogP) is 1.29. The van der Waals surface area contributed by atoms with Crippen molar-refractivity contribution in [3.05, 3.63) is 11.6 Å². The molecule has 2 aliphatic heterocycles. The number of amides is 2. The minimum absolute atomic E-state index is 0.0205. The Morgan fingerprint density at radius 1 is 1.11 bits per heavy atom. The lowest BCUT2D eigenvalue weighted by Crippen LogP contribution is -2.34. The highest BCUT2D eigenvalue weighted by molar-refractivity contribution is 5.78. The largest absolute Gasteiger partial charge is 0.381 e. The van der Waals surface area contributed by atoms with Crippen LogP contribution in [0.15, 0.2) is 0 Å². The average molecular weight is 390 g/mol. The first-order valence-electron chi connectivity index (χ1n) is 10.7. The molecule has 1 saturated carbocycles. The second-order valence-corrected chi connectivity index (χ2v) is 8.28. The minimum Gasteiger partial charge on any atom is -0.381 e. The summed E-state index contributed by atoms with van der Waals surface area (Å²) in [5.74, 6) is 2.64. The zero-order valence-electron chi connectivity index (χ0n) is 16.6. The van der Waals surface area contributed by atoms with Crippen LogP contribution >= 0.6 is 0 Å². The van der Waals surface area contributed by atoms with E-state index < -0.39 is 0 Å². The first-order chi connectivity index (χ1) is 13.7. The normalized spacial score (nSPS) is 22.9. The Balaban J connectivity index is 1.28.